The van der Waals surface area contributed by atoms with Crippen LogP contribution in [0.4, 0.5) is 0 Å². The van der Waals surface area contributed by atoms with Gasteiger partial charge in [0.25, 0.3) is 0 Å². The predicted molar refractivity (Wildman–Crippen MR) is 75.6 cm³/mol. The van der Waals surface area contributed by atoms with Crippen molar-refractivity contribution in [1.29, 1.82) is 0 Å². The van der Waals surface area contributed by atoms with Crippen LogP contribution >= 0.6 is 23.2 Å². The SMILES string of the molecule is CCc1cccc(-c2c(OC)ccc(Cl)c2Cl)n1. The van der Waals surface area contributed by atoms with E-state index in [0.717, 1.165) is 23.4 Å². The molecule has 2 aromatic rings. The monoisotopic (exact) mass is 281 g/mol. The highest BCUT2D eigenvalue weighted by Gasteiger charge is 2.14. The van der Waals surface area contributed by atoms with Gasteiger partial charge in [0.2, 0.25) is 0 Å². The van der Waals surface area contributed by atoms with Crippen molar-refractivity contribution in [1.82, 2.24) is 4.98 Å². The molecule has 18 heavy (non-hydrogen) atoms. The molecule has 2 rings (SSSR count). The Morgan fingerprint density at radius 2 is 1.94 bits per heavy atom. The topological polar surface area (TPSA) is 22.1 Å². The molecule has 0 saturated carbocycles. The van der Waals surface area contributed by atoms with Crippen molar-refractivity contribution in [3.8, 4) is 17.0 Å². The van der Waals surface area contributed by atoms with Gasteiger partial charge in [-0.05, 0) is 30.7 Å². The molecule has 0 bridgehead atoms. The zero-order valence-electron chi connectivity index (χ0n) is 10.2. The van der Waals surface area contributed by atoms with E-state index in [1.54, 1.807) is 19.2 Å². The second-order valence-electron chi connectivity index (χ2n) is 3.81. The summed E-state index contributed by atoms with van der Waals surface area (Å²) in [5.74, 6) is 0.671. The van der Waals surface area contributed by atoms with Gasteiger partial charge in [-0.3, -0.25) is 4.98 Å². The van der Waals surface area contributed by atoms with Crippen LogP contribution in [0, 0.1) is 0 Å². The fourth-order valence-electron chi connectivity index (χ4n) is 1.76. The summed E-state index contributed by atoms with van der Waals surface area (Å²) >= 11 is 12.3. The first-order valence-electron chi connectivity index (χ1n) is 5.65. The van der Waals surface area contributed by atoms with Gasteiger partial charge in [0.1, 0.15) is 5.75 Å². The summed E-state index contributed by atoms with van der Waals surface area (Å²) in [6, 6.07) is 9.35. The normalized spacial score (nSPS) is 10.4. The minimum absolute atomic E-state index is 0.469. The Hall–Kier alpha value is -1.25. The van der Waals surface area contributed by atoms with Gasteiger partial charge in [0.05, 0.1) is 28.4 Å². The highest BCUT2D eigenvalue weighted by Crippen LogP contribution is 2.39. The van der Waals surface area contributed by atoms with Gasteiger partial charge in [-0.15, -0.1) is 0 Å². The lowest BCUT2D eigenvalue weighted by atomic mass is 10.1. The minimum Gasteiger partial charge on any atom is -0.496 e. The fourth-order valence-corrected chi connectivity index (χ4v) is 2.17. The second kappa shape index (κ2) is 5.59. The largest absolute Gasteiger partial charge is 0.496 e. The number of hydrogen-bond acceptors (Lipinski definition) is 2. The van der Waals surface area contributed by atoms with Crippen LogP contribution in [-0.4, -0.2) is 12.1 Å². The van der Waals surface area contributed by atoms with Crippen molar-refractivity contribution in [3.05, 3.63) is 46.1 Å². The molecule has 1 aromatic carbocycles. The third-order valence-electron chi connectivity index (χ3n) is 2.70. The lowest BCUT2D eigenvalue weighted by Gasteiger charge is -2.11. The van der Waals surface area contributed by atoms with Gasteiger partial charge in [-0.25, -0.2) is 0 Å². The number of pyridine rings is 1. The molecule has 0 aliphatic heterocycles. The highest BCUT2D eigenvalue weighted by atomic mass is 35.5. The van der Waals surface area contributed by atoms with E-state index in [-0.39, 0.29) is 0 Å². The number of rotatable bonds is 3. The van der Waals surface area contributed by atoms with E-state index in [4.69, 9.17) is 27.9 Å². The molecule has 0 radical (unpaired) electrons. The molecule has 0 aliphatic rings. The van der Waals surface area contributed by atoms with Crippen LogP contribution in [-0.2, 0) is 6.42 Å². The van der Waals surface area contributed by atoms with Crippen molar-refractivity contribution in [2.24, 2.45) is 0 Å². The Bertz CT molecular complexity index is 570. The third kappa shape index (κ3) is 2.45. The quantitative estimate of drug-likeness (QED) is 0.819. The smallest absolute Gasteiger partial charge is 0.129 e. The van der Waals surface area contributed by atoms with Crippen LogP contribution in [0.3, 0.4) is 0 Å². The van der Waals surface area contributed by atoms with Gasteiger partial charge < -0.3 is 4.74 Å². The molecule has 0 aliphatic carbocycles. The summed E-state index contributed by atoms with van der Waals surface area (Å²) in [5.41, 5.74) is 2.52. The Balaban J connectivity index is 2.65. The van der Waals surface area contributed by atoms with Crippen LogP contribution in [0.1, 0.15) is 12.6 Å². The van der Waals surface area contributed by atoms with Gasteiger partial charge in [0.15, 0.2) is 0 Å². The molecule has 4 heteroatoms. The predicted octanol–water partition coefficient (Wildman–Crippen LogP) is 4.63. The van der Waals surface area contributed by atoms with E-state index in [9.17, 15) is 0 Å². The zero-order valence-corrected chi connectivity index (χ0v) is 11.7. The second-order valence-corrected chi connectivity index (χ2v) is 4.59. The molecular weight excluding hydrogens is 269 g/mol. The molecule has 0 spiro atoms. The van der Waals surface area contributed by atoms with E-state index in [1.165, 1.54) is 0 Å². The maximum atomic E-state index is 6.26. The number of aryl methyl sites for hydroxylation is 1. The van der Waals surface area contributed by atoms with E-state index in [0.29, 0.717) is 15.8 Å². The lowest BCUT2D eigenvalue weighted by Crippen LogP contribution is -1.94. The molecule has 0 fully saturated rings. The Morgan fingerprint density at radius 3 is 2.61 bits per heavy atom. The summed E-state index contributed by atoms with van der Waals surface area (Å²) in [5, 5.41) is 0.966. The number of benzene rings is 1. The maximum Gasteiger partial charge on any atom is 0.129 e. The van der Waals surface area contributed by atoms with Crippen molar-refractivity contribution in [2.75, 3.05) is 7.11 Å². The number of nitrogens with zero attached hydrogens (tertiary/aromatic N) is 1. The molecular formula is C14H13Cl2NO. The molecule has 0 atom stereocenters. The molecule has 0 amide bonds. The molecule has 94 valence electrons. The number of halogens is 2. The van der Waals surface area contributed by atoms with Crippen molar-refractivity contribution >= 4 is 23.2 Å². The number of methoxy groups -OCH3 is 1. The zero-order chi connectivity index (χ0) is 13.1. The van der Waals surface area contributed by atoms with Crippen molar-refractivity contribution in [2.45, 2.75) is 13.3 Å². The highest BCUT2D eigenvalue weighted by molar-refractivity contribution is 6.44. The molecule has 1 heterocycles. The van der Waals surface area contributed by atoms with Crippen molar-refractivity contribution in [3.63, 3.8) is 0 Å². The summed E-state index contributed by atoms with van der Waals surface area (Å²) in [6.07, 6.45) is 0.869. The lowest BCUT2D eigenvalue weighted by molar-refractivity contribution is 0.416. The standard InChI is InChI=1S/C14H13Cl2NO/c1-3-9-5-4-6-11(17-9)13-12(18-2)8-7-10(15)14(13)16/h4-8H,3H2,1-2H3. The van der Waals surface area contributed by atoms with Gasteiger partial charge >= 0.3 is 0 Å². The van der Waals surface area contributed by atoms with Crippen LogP contribution < -0.4 is 4.74 Å². The molecule has 2 nitrogen and oxygen atoms in total. The van der Waals surface area contributed by atoms with Crippen molar-refractivity contribution < 1.29 is 4.74 Å². The van der Waals surface area contributed by atoms with E-state index in [1.807, 2.05) is 18.2 Å². The van der Waals surface area contributed by atoms with Crippen LogP contribution in [0.2, 0.25) is 10.0 Å². The van der Waals surface area contributed by atoms with E-state index < -0.39 is 0 Å². The molecule has 0 N–H and O–H groups in total. The van der Waals surface area contributed by atoms with Crippen LogP contribution in [0.15, 0.2) is 30.3 Å². The van der Waals surface area contributed by atoms with Crippen LogP contribution in [0.25, 0.3) is 11.3 Å². The number of ether oxygens (including phenoxy) is 1. The maximum absolute atomic E-state index is 6.26. The third-order valence-corrected chi connectivity index (χ3v) is 3.51. The number of hydrogen-bond donors (Lipinski definition) is 0. The summed E-state index contributed by atoms with van der Waals surface area (Å²) in [7, 11) is 1.60. The average Bonchev–Trinajstić information content (AvgIpc) is 2.41. The van der Waals surface area contributed by atoms with E-state index in [2.05, 4.69) is 11.9 Å². The summed E-state index contributed by atoms with van der Waals surface area (Å²) in [6.45, 7) is 2.06. The molecule has 1 aromatic heterocycles. The first-order chi connectivity index (χ1) is 8.67. The Labute approximate surface area is 117 Å². The Morgan fingerprint density at radius 1 is 1.17 bits per heavy atom. The van der Waals surface area contributed by atoms with Gasteiger partial charge in [-0.1, -0.05) is 36.2 Å². The fraction of sp³-hybridized carbons (Fsp3) is 0.214. The first-order valence-corrected chi connectivity index (χ1v) is 6.41. The molecule has 0 saturated heterocycles. The Kier molecular flexibility index (Phi) is 4.10. The summed E-state index contributed by atoms with van der Waals surface area (Å²) < 4.78 is 5.33. The molecule has 0 unspecified atom stereocenters. The first kappa shape index (κ1) is 13.2. The van der Waals surface area contributed by atoms with Crippen LogP contribution in [0.5, 0.6) is 5.75 Å². The summed E-state index contributed by atoms with van der Waals surface area (Å²) in [4.78, 5) is 4.55. The minimum atomic E-state index is 0.469. The van der Waals surface area contributed by atoms with E-state index >= 15 is 0 Å². The average molecular weight is 282 g/mol. The van der Waals surface area contributed by atoms with Gasteiger partial charge in [0, 0.05) is 5.69 Å². The number of aromatic nitrogens is 1. The van der Waals surface area contributed by atoms with Gasteiger partial charge in [-0.2, -0.15) is 0 Å².